The molecule has 15 heavy (non-hydrogen) atoms. The number of aliphatic carboxylic acids is 1. The highest BCUT2D eigenvalue weighted by molar-refractivity contribution is 7.99. The first kappa shape index (κ1) is 12.4. The molecule has 0 radical (unpaired) electrons. The Balaban J connectivity index is 2.13. The van der Waals surface area contributed by atoms with Crippen molar-refractivity contribution >= 4 is 23.6 Å². The van der Waals surface area contributed by atoms with Crippen molar-refractivity contribution in [1.29, 1.82) is 0 Å². The van der Waals surface area contributed by atoms with Crippen LogP contribution in [-0.4, -0.2) is 35.0 Å². The van der Waals surface area contributed by atoms with Crippen molar-refractivity contribution in [3.63, 3.8) is 0 Å². The number of carboxylic acid groups (broad SMARTS) is 1. The highest BCUT2D eigenvalue weighted by atomic mass is 32.2. The van der Waals surface area contributed by atoms with Gasteiger partial charge in [-0.2, -0.15) is 11.8 Å². The van der Waals surface area contributed by atoms with Gasteiger partial charge in [0.05, 0.1) is 11.8 Å². The van der Waals surface area contributed by atoms with E-state index in [4.69, 9.17) is 5.11 Å². The second-order valence-corrected chi connectivity index (χ2v) is 5.19. The van der Waals surface area contributed by atoms with E-state index >= 15 is 0 Å². The van der Waals surface area contributed by atoms with E-state index < -0.39 is 11.9 Å². The Kier molecular flexibility index (Phi) is 4.45. The van der Waals surface area contributed by atoms with E-state index in [1.54, 1.807) is 11.8 Å². The van der Waals surface area contributed by atoms with Gasteiger partial charge in [0.25, 0.3) is 0 Å². The van der Waals surface area contributed by atoms with E-state index in [2.05, 4.69) is 12.2 Å². The lowest BCUT2D eigenvalue weighted by molar-refractivity contribution is -0.140. The molecular weight excluding hydrogens is 214 g/mol. The highest BCUT2D eigenvalue weighted by Gasteiger charge is 2.48. The van der Waals surface area contributed by atoms with Crippen molar-refractivity contribution in [1.82, 2.24) is 5.32 Å². The number of carboxylic acids is 1. The number of hydrogen-bond acceptors (Lipinski definition) is 3. The summed E-state index contributed by atoms with van der Waals surface area (Å²) >= 11 is 1.76. The Morgan fingerprint density at radius 2 is 2.20 bits per heavy atom. The Labute approximate surface area is 93.8 Å². The third-order valence-electron chi connectivity index (χ3n) is 2.70. The molecule has 0 aromatic carbocycles. The summed E-state index contributed by atoms with van der Waals surface area (Å²) in [6.45, 7) is 2.75. The molecule has 0 spiro atoms. The van der Waals surface area contributed by atoms with Gasteiger partial charge in [-0.3, -0.25) is 9.59 Å². The van der Waals surface area contributed by atoms with Crippen molar-refractivity contribution in [3.05, 3.63) is 0 Å². The van der Waals surface area contributed by atoms with Crippen molar-refractivity contribution in [2.45, 2.75) is 25.0 Å². The molecular formula is C10H17NO3S. The number of nitrogens with one attached hydrogen (secondary N) is 1. The summed E-state index contributed by atoms with van der Waals surface area (Å²) in [4.78, 5) is 21.9. The molecule has 0 heterocycles. The highest BCUT2D eigenvalue weighted by Crippen LogP contribution is 2.38. The largest absolute Gasteiger partial charge is 0.481 e. The van der Waals surface area contributed by atoms with Crippen molar-refractivity contribution < 1.29 is 14.7 Å². The van der Waals surface area contributed by atoms with Crippen LogP contribution in [0.5, 0.6) is 0 Å². The molecule has 0 aromatic heterocycles. The van der Waals surface area contributed by atoms with Crippen LogP contribution in [0.2, 0.25) is 0 Å². The summed E-state index contributed by atoms with van der Waals surface area (Å²) in [5.74, 6) is -1.68. The molecule has 4 nitrogen and oxygen atoms in total. The summed E-state index contributed by atoms with van der Waals surface area (Å²) in [6.07, 6.45) is 3.46. The fourth-order valence-corrected chi connectivity index (χ4v) is 1.76. The van der Waals surface area contributed by atoms with Crippen LogP contribution < -0.4 is 5.32 Å². The van der Waals surface area contributed by atoms with E-state index in [-0.39, 0.29) is 11.8 Å². The van der Waals surface area contributed by atoms with Crippen LogP contribution in [0.4, 0.5) is 0 Å². The van der Waals surface area contributed by atoms with E-state index in [0.29, 0.717) is 18.2 Å². The molecule has 2 N–H and O–H groups in total. The quantitative estimate of drug-likeness (QED) is 0.714. The zero-order valence-corrected chi connectivity index (χ0v) is 9.84. The first-order chi connectivity index (χ1) is 7.06. The summed E-state index contributed by atoms with van der Waals surface area (Å²) in [5.41, 5.74) is 0. The van der Waals surface area contributed by atoms with Gasteiger partial charge in [0.1, 0.15) is 0 Å². The van der Waals surface area contributed by atoms with Crippen LogP contribution in [0, 0.1) is 11.8 Å². The second kappa shape index (κ2) is 5.39. The third-order valence-corrected chi connectivity index (χ3v) is 3.74. The maximum absolute atomic E-state index is 11.4. The van der Waals surface area contributed by atoms with E-state index in [0.717, 1.165) is 6.42 Å². The maximum atomic E-state index is 11.4. The lowest BCUT2D eigenvalue weighted by Gasteiger charge is -2.08. The number of rotatable bonds is 6. The number of hydrogen-bond donors (Lipinski definition) is 2. The van der Waals surface area contributed by atoms with Crippen LogP contribution in [0.25, 0.3) is 0 Å². The lowest BCUT2D eigenvalue weighted by atomic mass is 10.3. The van der Waals surface area contributed by atoms with Gasteiger partial charge in [-0.15, -0.1) is 0 Å². The Hall–Kier alpha value is -0.710. The number of thioether (sulfide) groups is 1. The molecule has 1 fully saturated rings. The smallest absolute Gasteiger partial charge is 0.307 e. The van der Waals surface area contributed by atoms with Crippen LogP contribution in [0.15, 0.2) is 0 Å². The zero-order chi connectivity index (χ0) is 11.4. The molecule has 0 bridgehead atoms. The SMILES string of the molecule is CSC(C)CCNC(=O)[C@@H]1C[C@@H]1C(=O)O. The van der Waals surface area contributed by atoms with Gasteiger partial charge in [0.15, 0.2) is 0 Å². The predicted octanol–water partition coefficient (Wildman–Crippen LogP) is 0.965. The summed E-state index contributed by atoms with van der Waals surface area (Å²) in [7, 11) is 0. The molecule has 0 saturated heterocycles. The summed E-state index contributed by atoms with van der Waals surface area (Å²) < 4.78 is 0. The molecule has 0 aromatic rings. The van der Waals surface area contributed by atoms with Crippen LogP contribution in [0.3, 0.4) is 0 Å². The first-order valence-electron chi connectivity index (χ1n) is 5.09. The Bertz CT molecular complexity index is 257. The van der Waals surface area contributed by atoms with Gasteiger partial charge in [-0.05, 0) is 19.1 Å². The number of carbonyl (C=O) groups is 2. The van der Waals surface area contributed by atoms with Crippen LogP contribution >= 0.6 is 11.8 Å². The number of amides is 1. The molecule has 1 aliphatic rings. The van der Waals surface area contributed by atoms with Gasteiger partial charge in [0, 0.05) is 11.8 Å². The van der Waals surface area contributed by atoms with Crippen molar-refractivity contribution in [3.8, 4) is 0 Å². The fourth-order valence-electron chi connectivity index (χ4n) is 1.41. The van der Waals surface area contributed by atoms with Gasteiger partial charge >= 0.3 is 5.97 Å². The van der Waals surface area contributed by atoms with E-state index in [1.807, 2.05) is 6.26 Å². The van der Waals surface area contributed by atoms with Crippen molar-refractivity contribution in [2.24, 2.45) is 11.8 Å². The molecule has 5 heteroatoms. The summed E-state index contributed by atoms with van der Waals surface area (Å²) in [5, 5.41) is 11.9. The number of carbonyl (C=O) groups excluding carboxylic acids is 1. The standard InChI is InChI=1S/C10H17NO3S/c1-6(15-2)3-4-11-9(12)7-5-8(7)10(13)14/h6-8H,3-5H2,1-2H3,(H,11,12)(H,13,14)/t6?,7-,8+/m1/s1. The average Bonchev–Trinajstić information content (AvgIpc) is 2.96. The molecule has 1 rings (SSSR count). The van der Waals surface area contributed by atoms with Gasteiger partial charge in [0.2, 0.25) is 5.91 Å². The van der Waals surface area contributed by atoms with E-state index in [1.165, 1.54) is 0 Å². The minimum atomic E-state index is -0.854. The molecule has 86 valence electrons. The molecule has 1 aliphatic carbocycles. The van der Waals surface area contributed by atoms with Gasteiger partial charge < -0.3 is 10.4 Å². The lowest BCUT2D eigenvalue weighted by Crippen LogP contribution is -2.28. The summed E-state index contributed by atoms with van der Waals surface area (Å²) in [6, 6.07) is 0. The normalized spacial score (nSPS) is 25.7. The third kappa shape index (κ3) is 3.74. The Morgan fingerprint density at radius 1 is 1.53 bits per heavy atom. The van der Waals surface area contributed by atoms with Gasteiger partial charge in [-0.25, -0.2) is 0 Å². The molecule has 3 atom stereocenters. The molecule has 1 unspecified atom stereocenters. The topological polar surface area (TPSA) is 66.4 Å². The minimum Gasteiger partial charge on any atom is -0.481 e. The van der Waals surface area contributed by atoms with Crippen LogP contribution in [-0.2, 0) is 9.59 Å². The predicted molar refractivity (Wildman–Crippen MR) is 59.8 cm³/mol. The molecule has 0 aliphatic heterocycles. The molecule has 1 saturated carbocycles. The first-order valence-corrected chi connectivity index (χ1v) is 6.38. The maximum Gasteiger partial charge on any atom is 0.307 e. The minimum absolute atomic E-state index is 0.101. The monoisotopic (exact) mass is 231 g/mol. The molecule has 1 amide bonds. The van der Waals surface area contributed by atoms with Crippen molar-refractivity contribution in [2.75, 3.05) is 12.8 Å². The van der Waals surface area contributed by atoms with E-state index in [9.17, 15) is 9.59 Å². The second-order valence-electron chi connectivity index (χ2n) is 3.91. The van der Waals surface area contributed by atoms with Crippen LogP contribution in [0.1, 0.15) is 19.8 Å². The zero-order valence-electron chi connectivity index (χ0n) is 9.03. The van der Waals surface area contributed by atoms with Gasteiger partial charge in [-0.1, -0.05) is 6.92 Å². The Morgan fingerprint density at radius 3 is 2.67 bits per heavy atom. The average molecular weight is 231 g/mol. The fraction of sp³-hybridized carbons (Fsp3) is 0.800.